The highest BCUT2D eigenvalue weighted by molar-refractivity contribution is 5.15. The molecule has 0 saturated carbocycles. The SMILES string of the molecule is Cc1[c]c(=O)[nH]c(C(F)(F)F)c1. The van der Waals surface area contributed by atoms with Crippen molar-refractivity contribution in [1.29, 1.82) is 0 Å². The fourth-order valence-corrected chi connectivity index (χ4v) is 0.774. The van der Waals surface area contributed by atoms with Crippen LogP contribution in [0, 0.1) is 13.0 Å². The molecule has 0 atom stereocenters. The van der Waals surface area contributed by atoms with Crippen molar-refractivity contribution in [2.75, 3.05) is 0 Å². The standard InChI is InChI=1S/C7H5F3NO/c1-4-2-5(7(8,9)10)11-6(12)3-4/h2H,1H3,(H,11,12). The van der Waals surface area contributed by atoms with E-state index in [-0.39, 0.29) is 5.56 Å². The second kappa shape index (κ2) is 2.66. The van der Waals surface area contributed by atoms with E-state index in [4.69, 9.17) is 0 Å². The van der Waals surface area contributed by atoms with Crippen LogP contribution in [0.1, 0.15) is 11.3 Å². The molecular formula is C7H5F3NO. The van der Waals surface area contributed by atoms with Gasteiger partial charge in [-0.3, -0.25) is 4.79 Å². The van der Waals surface area contributed by atoms with Crippen LogP contribution in [0.15, 0.2) is 10.9 Å². The summed E-state index contributed by atoms with van der Waals surface area (Å²) < 4.78 is 35.9. The molecule has 1 aromatic heterocycles. The van der Waals surface area contributed by atoms with E-state index in [2.05, 4.69) is 6.07 Å². The first kappa shape index (κ1) is 8.83. The highest BCUT2D eigenvalue weighted by atomic mass is 19.4. The van der Waals surface area contributed by atoms with Crippen LogP contribution in [0.4, 0.5) is 13.2 Å². The number of aromatic amines is 1. The number of H-pyrrole nitrogens is 1. The summed E-state index contributed by atoms with van der Waals surface area (Å²) in [5.74, 6) is 0. The minimum Gasteiger partial charge on any atom is -0.318 e. The monoisotopic (exact) mass is 176 g/mol. The number of aromatic nitrogens is 1. The Balaban J connectivity index is 3.27. The number of aryl methyl sites for hydroxylation is 1. The van der Waals surface area contributed by atoms with Crippen LogP contribution in [-0.2, 0) is 6.18 Å². The van der Waals surface area contributed by atoms with Crippen LogP contribution >= 0.6 is 0 Å². The van der Waals surface area contributed by atoms with Crippen molar-refractivity contribution in [3.63, 3.8) is 0 Å². The number of rotatable bonds is 0. The van der Waals surface area contributed by atoms with Gasteiger partial charge < -0.3 is 4.98 Å². The highest BCUT2D eigenvalue weighted by Gasteiger charge is 2.31. The number of nitrogens with one attached hydrogen (secondary N) is 1. The van der Waals surface area contributed by atoms with Crippen LogP contribution in [0.5, 0.6) is 0 Å². The van der Waals surface area contributed by atoms with Gasteiger partial charge in [-0.15, -0.1) is 0 Å². The first-order chi connectivity index (χ1) is 5.39. The molecule has 2 nitrogen and oxygen atoms in total. The van der Waals surface area contributed by atoms with Gasteiger partial charge >= 0.3 is 6.18 Å². The Morgan fingerprint density at radius 1 is 1.50 bits per heavy atom. The lowest BCUT2D eigenvalue weighted by Gasteiger charge is -2.05. The summed E-state index contributed by atoms with van der Waals surface area (Å²) in [5, 5.41) is 0. The maximum atomic E-state index is 12.0. The lowest BCUT2D eigenvalue weighted by molar-refractivity contribution is -0.141. The molecule has 0 amide bonds. The molecular weight excluding hydrogens is 171 g/mol. The number of hydrogen-bond donors (Lipinski definition) is 1. The number of hydrogen-bond acceptors (Lipinski definition) is 1. The van der Waals surface area contributed by atoms with Gasteiger partial charge in [-0.2, -0.15) is 13.2 Å². The van der Waals surface area contributed by atoms with Gasteiger partial charge in [-0.1, -0.05) is 0 Å². The van der Waals surface area contributed by atoms with Crippen molar-refractivity contribution in [2.24, 2.45) is 0 Å². The number of pyridine rings is 1. The molecule has 0 spiro atoms. The Bertz CT molecular complexity index is 339. The zero-order chi connectivity index (χ0) is 9.35. The van der Waals surface area contributed by atoms with Crippen molar-refractivity contribution < 1.29 is 13.2 Å². The third-order valence-electron chi connectivity index (χ3n) is 1.23. The van der Waals surface area contributed by atoms with Crippen LogP contribution in [-0.4, -0.2) is 4.98 Å². The van der Waals surface area contributed by atoms with Gasteiger partial charge in [0.1, 0.15) is 5.69 Å². The van der Waals surface area contributed by atoms with Crippen molar-refractivity contribution in [2.45, 2.75) is 13.1 Å². The average molecular weight is 176 g/mol. The zero-order valence-electron chi connectivity index (χ0n) is 6.12. The van der Waals surface area contributed by atoms with Gasteiger partial charge in [0.2, 0.25) is 0 Å². The van der Waals surface area contributed by atoms with Crippen molar-refractivity contribution >= 4 is 0 Å². The van der Waals surface area contributed by atoms with Crippen LogP contribution in [0.2, 0.25) is 0 Å². The van der Waals surface area contributed by atoms with E-state index >= 15 is 0 Å². The quantitative estimate of drug-likeness (QED) is 0.638. The van der Waals surface area contributed by atoms with E-state index < -0.39 is 17.4 Å². The van der Waals surface area contributed by atoms with Gasteiger partial charge in [-0.25, -0.2) is 0 Å². The molecule has 12 heavy (non-hydrogen) atoms. The fraction of sp³-hybridized carbons (Fsp3) is 0.286. The van der Waals surface area contributed by atoms with E-state index in [0.717, 1.165) is 6.07 Å². The van der Waals surface area contributed by atoms with Gasteiger partial charge in [0.25, 0.3) is 5.56 Å². The average Bonchev–Trinajstić information content (AvgIpc) is 1.82. The molecule has 0 saturated heterocycles. The predicted molar refractivity (Wildman–Crippen MR) is 35.6 cm³/mol. The summed E-state index contributed by atoms with van der Waals surface area (Å²) >= 11 is 0. The zero-order valence-corrected chi connectivity index (χ0v) is 6.12. The Morgan fingerprint density at radius 2 is 2.08 bits per heavy atom. The molecule has 0 fully saturated rings. The van der Waals surface area contributed by atoms with Crippen molar-refractivity contribution in [3.05, 3.63) is 33.7 Å². The van der Waals surface area contributed by atoms with Gasteiger partial charge in [0, 0.05) is 0 Å². The summed E-state index contributed by atoms with van der Waals surface area (Å²) in [4.78, 5) is 12.2. The van der Waals surface area contributed by atoms with Gasteiger partial charge in [-0.05, 0) is 18.6 Å². The molecule has 1 N–H and O–H groups in total. The summed E-state index contributed by atoms with van der Waals surface area (Å²) in [5.41, 5.74) is -1.72. The van der Waals surface area contributed by atoms with E-state index in [0.29, 0.717) is 0 Å². The maximum Gasteiger partial charge on any atom is 0.431 e. The normalized spacial score (nSPS) is 11.7. The number of halogens is 3. The molecule has 65 valence electrons. The predicted octanol–water partition coefficient (Wildman–Crippen LogP) is 1.50. The third-order valence-corrected chi connectivity index (χ3v) is 1.23. The molecule has 1 radical (unpaired) electrons. The molecule has 0 unspecified atom stereocenters. The first-order valence-electron chi connectivity index (χ1n) is 3.10. The summed E-state index contributed by atoms with van der Waals surface area (Å²) in [6.45, 7) is 1.38. The topological polar surface area (TPSA) is 32.9 Å². The molecule has 0 aliphatic carbocycles. The molecule has 1 heterocycles. The summed E-state index contributed by atoms with van der Waals surface area (Å²) in [7, 11) is 0. The second-order valence-corrected chi connectivity index (χ2v) is 2.32. The molecule has 1 aromatic rings. The molecule has 0 aromatic carbocycles. The summed E-state index contributed by atoms with van der Waals surface area (Å²) in [6, 6.07) is 3.01. The van der Waals surface area contributed by atoms with E-state index in [1.165, 1.54) is 6.92 Å². The molecule has 0 aliphatic heterocycles. The van der Waals surface area contributed by atoms with E-state index in [9.17, 15) is 18.0 Å². The fourth-order valence-electron chi connectivity index (χ4n) is 0.774. The Labute approximate surface area is 66.0 Å². The molecule has 5 heteroatoms. The van der Waals surface area contributed by atoms with Crippen LogP contribution in [0.3, 0.4) is 0 Å². The first-order valence-corrected chi connectivity index (χ1v) is 3.10. The lowest BCUT2D eigenvalue weighted by atomic mass is 10.2. The Morgan fingerprint density at radius 3 is 2.50 bits per heavy atom. The highest BCUT2D eigenvalue weighted by Crippen LogP contribution is 2.26. The Hall–Kier alpha value is -1.26. The second-order valence-electron chi connectivity index (χ2n) is 2.32. The largest absolute Gasteiger partial charge is 0.431 e. The van der Waals surface area contributed by atoms with Gasteiger partial charge in [0.15, 0.2) is 0 Å². The van der Waals surface area contributed by atoms with Crippen molar-refractivity contribution in [1.82, 2.24) is 4.98 Å². The molecule has 0 aliphatic rings. The van der Waals surface area contributed by atoms with E-state index in [1.54, 1.807) is 4.98 Å². The number of alkyl halides is 3. The van der Waals surface area contributed by atoms with E-state index in [1.807, 2.05) is 0 Å². The molecule has 0 bridgehead atoms. The van der Waals surface area contributed by atoms with Gasteiger partial charge in [0.05, 0.1) is 6.07 Å². The summed E-state index contributed by atoms with van der Waals surface area (Å²) in [6.07, 6.45) is -4.50. The van der Waals surface area contributed by atoms with Crippen LogP contribution in [0.25, 0.3) is 0 Å². The minimum absolute atomic E-state index is 0.172. The van der Waals surface area contributed by atoms with Crippen LogP contribution < -0.4 is 5.56 Å². The maximum absolute atomic E-state index is 12.0. The lowest BCUT2D eigenvalue weighted by Crippen LogP contribution is -2.16. The third kappa shape index (κ3) is 1.87. The van der Waals surface area contributed by atoms with Crippen molar-refractivity contribution in [3.8, 4) is 0 Å². The Kier molecular flexibility index (Phi) is 1.95. The molecule has 1 rings (SSSR count). The minimum atomic E-state index is -4.50. The smallest absolute Gasteiger partial charge is 0.318 e.